The van der Waals surface area contributed by atoms with Gasteiger partial charge in [0.05, 0.1) is 0 Å². The first-order chi connectivity index (χ1) is 3.89. The third-order valence-electron chi connectivity index (χ3n) is 0.921. The van der Waals surface area contributed by atoms with E-state index in [9.17, 15) is 4.79 Å². The molecule has 0 aromatic carbocycles. The fourth-order valence-electron chi connectivity index (χ4n) is 0.542. The van der Waals surface area contributed by atoms with Crippen LogP contribution in [0.15, 0.2) is 17.1 Å². The summed E-state index contributed by atoms with van der Waals surface area (Å²) >= 11 is 0. The first kappa shape index (κ1) is 5.22. The zero-order chi connectivity index (χ0) is 5.82. The van der Waals surface area contributed by atoms with Gasteiger partial charge in [0.15, 0.2) is 5.78 Å². The van der Waals surface area contributed by atoms with Crippen LogP contribution in [0, 0.1) is 0 Å². The van der Waals surface area contributed by atoms with Gasteiger partial charge in [0.2, 0.25) is 0 Å². The smallest absolute Gasteiger partial charge is 0.176 e. The first-order valence-electron chi connectivity index (χ1n) is 2.57. The molecule has 0 unspecified atom stereocenters. The van der Waals surface area contributed by atoms with Crippen molar-refractivity contribution in [3.8, 4) is 0 Å². The lowest BCUT2D eigenvalue weighted by molar-refractivity contribution is -0.113. The Balaban J connectivity index is 2.61. The van der Waals surface area contributed by atoms with E-state index >= 15 is 0 Å². The van der Waals surface area contributed by atoms with E-state index in [1.807, 2.05) is 6.08 Å². The van der Waals surface area contributed by atoms with E-state index < -0.39 is 0 Å². The Kier molecular flexibility index (Phi) is 1.57. The van der Waals surface area contributed by atoms with Crippen LogP contribution in [-0.4, -0.2) is 18.5 Å². The number of rotatable bonds is 0. The topological polar surface area (TPSA) is 29.4 Å². The number of nitrogens with zero attached hydrogens (tertiary/aromatic N) is 1. The standard InChI is InChI=1S/C6H7NO/c8-6-3-1-2-4-7-5-6/h1,3-4H,2,5H2. The van der Waals surface area contributed by atoms with E-state index in [1.165, 1.54) is 0 Å². The molecule has 0 aromatic heterocycles. The maximum absolute atomic E-state index is 10.5. The van der Waals surface area contributed by atoms with Crippen molar-refractivity contribution < 1.29 is 4.79 Å². The molecule has 0 saturated carbocycles. The molecule has 2 heteroatoms. The van der Waals surface area contributed by atoms with Crippen molar-refractivity contribution in [3.05, 3.63) is 12.2 Å². The summed E-state index contributed by atoms with van der Waals surface area (Å²) in [5.74, 6) is 0.0961. The highest BCUT2D eigenvalue weighted by atomic mass is 16.1. The Morgan fingerprint density at radius 2 is 2.50 bits per heavy atom. The van der Waals surface area contributed by atoms with Crippen LogP contribution in [0.1, 0.15) is 6.42 Å². The Labute approximate surface area is 47.9 Å². The average molecular weight is 109 g/mol. The summed E-state index contributed by atoms with van der Waals surface area (Å²) in [5.41, 5.74) is 0. The average Bonchev–Trinajstić information content (AvgIpc) is 1.94. The zero-order valence-electron chi connectivity index (χ0n) is 4.50. The number of allylic oxidation sites excluding steroid dienone is 1. The summed E-state index contributed by atoms with van der Waals surface area (Å²) < 4.78 is 0. The first-order valence-corrected chi connectivity index (χ1v) is 2.57. The number of aliphatic imine (C=N–C) groups is 1. The predicted octanol–water partition coefficient (Wildman–Crippen LogP) is 0.586. The van der Waals surface area contributed by atoms with Crippen molar-refractivity contribution in [2.24, 2.45) is 4.99 Å². The van der Waals surface area contributed by atoms with Gasteiger partial charge in [-0.05, 0) is 6.08 Å². The molecule has 0 aliphatic carbocycles. The summed E-state index contributed by atoms with van der Waals surface area (Å²) in [6, 6.07) is 0. The molecule has 0 fully saturated rings. The molecule has 0 saturated heterocycles. The molecule has 0 amide bonds. The number of hydrogen-bond donors (Lipinski definition) is 0. The van der Waals surface area contributed by atoms with Crippen molar-refractivity contribution in [3.63, 3.8) is 0 Å². The second-order valence-corrected chi connectivity index (χ2v) is 1.63. The molecule has 0 N–H and O–H groups in total. The van der Waals surface area contributed by atoms with Crippen LogP contribution in [0.2, 0.25) is 0 Å². The van der Waals surface area contributed by atoms with Gasteiger partial charge in [0.25, 0.3) is 0 Å². The van der Waals surface area contributed by atoms with E-state index in [0.29, 0.717) is 6.54 Å². The van der Waals surface area contributed by atoms with Gasteiger partial charge in [-0.2, -0.15) is 0 Å². The molecule has 0 aromatic rings. The third-order valence-corrected chi connectivity index (χ3v) is 0.921. The molecular weight excluding hydrogens is 102 g/mol. The summed E-state index contributed by atoms with van der Waals surface area (Å²) in [7, 11) is 0. The third kappa shape index (κ3) is 1.30. The molecule has 0 atom stereocenters. The number of hydrogen-bond acceptors (Lipinski definition) is 2. The Morgan fingerprint density at radius 1 is 1.62 bits per heavy atom. The molecule has 2 nitrogen and oxygen atoms in total. The number of ketones is 1. The molecular formula is C6H7NO. The van der Waals surface area contributed by atoms with E-state index in [2.05, 4.69) is 4.99 Å². The molecule has 1 aliphatic heterocycles. The Morgan fingerprint density at radius 3 is 3.38 bits per heavy atom. The van der Waals surface area contributed by atoms with Gasteiger partial charge in [0, 0.05) is 12.6 Å². The molecule has 0 spiro atoms. The molecule has 1 aliphatic rings. The highest BCUT2D eigenvalue weighted by molar-refractivity contribution is 5.93. The molecule has 42 valence electrons. The minimum absolute atomic E-state index is 0.0961. The molecule has 1 rings (SSSR count). The predicted molar refractivity (Wildman–Crippen MR) is 32.1 cm³/mol. The van der Waals surface area contributed by atoms with Crippen LogP contribution in [-0.2, 0) is 4.79 Å². The van der Waals surface area contributed by atoms with Crippen molar-refractivity contribution in [1.82, 2.24) is 0 Å². The lowest BCUT2D eigenvalue weighted by Crippen LogP contribution is -1.94. The largest absolute Gasteiger partial charge is 0.293 e. The maximum Gasteiger partial charge on any atom is 0.176 e. The highest BCUT2D eigenvalue weighted by Crippen LogP contribution is 1.87. The van der Waals surface area contributed by atoms with Crippen LogP contribution in [0.25, 0.3) is 0 Å². The van der Waals surface area contributed by atoms with E-state index in [4.69, 9.17) is 0 Å². The van der Waals surface area contributed by atoms with Gasteiger partial charge in [-0.3, -0.25) is 9.79 Å². The van der Waals surface area contributed by atoms with Crippen LogP contribution >= 0.6 is 0 Å². The highest BCUT2D eigenvalue weighted by Gasteiger charge is 1.93. The monoisotopic (exact) mass is 109 g/mol. The maximum atomic E-state index is 10.5. The van der Waals surface area contributed by atoms with Crippen molar-refractivity contribution in [2.75, 3.05) is 6.54 Å². The second kappa shape index (κ2) is 2.40. The quantitative estimate of drug-likeness (QED) is 0.447. The summed E-state index contributed by atoms with van der Waals surface area (Å²) in [6.07, 6.45) is 5.94. The van der Waals surface area contributed by atoms with Gasteiger partial charge in [-0.1, -0.05) is 6.08 Å². The lowest BCUT2D eigenvalue weighted by Gasteiger charge is -1.78. The molecule has 0 bridgehead atoms. The molecule has 8 heavy (non-hydrogen) atoms. The van der Waals surface area contributed by atoms with Gasteiger partial charge in [-0.15, -0.1) is 0 Å². The fourth-order valence-corrected chi connectivity index (χ4v) is 0.542. The summed E-state index contributed by atoms with van der Waals surface area (Å²) in [4.78, 5) is 14.3. The lowest BCUT2D eigenvalue weighted by atomic mass is 10.3. The Bertz CT molecular complexity index is 147. The van der Waals surface area contributed by atoms with Crippen molar-refractivity contribution in [2.45, 2.75) is 6.42 Å². The summed E-state index contributed by atoms with van der Waals surface area (Å²) in [5, 5.41) is 0. The van der Waals surface area contributed by atoms with Crippen LogP contribution in [0.5, 0.6) is 0 Å². The van der Waals surface area contributed by atoms with E-state index in [1.54, 1.807) is 12.3 Å². The fraction of sp³-hybridized carbons (Fsp3) is 0.333. The van der Waals surface area contributed by atoms with Crippen LogP contribution in [0.4, 0.5) is 0 Å². The van der Waals surface area contributed by atoms with Gasteiger partial charge >= 0.3 is 0 Å². The van der Waals surface area contributed by atoms with Crippen LogP contribution in [0.3, 0.4) is 0 Å². The minimum Gasteiger partial charge on any atom is -0.293 e. The summed E-state index contributed by atoms with van der Waals surface area (Å²) in [6.45, 7) is 0.330. The minimum atomic E-state index is 0.0961. The normalized spacial score (nSPS) is 18.8. The van der Waals surface area contributed by atoms with E-state index in [-0.39, 0.29) is 5.78 Å². The van der Waals surface area contributed by atoms with E-state index in [0.717, 1.165) is 6.42 Å². The van der Waals surface area contributed by atoms with Gasteiger partial charge in [-0.25, -0.2) is 0 Å². The number of carbonyl (C=O) groups is 1. The van der Waals surface area contributed by atoms with Crippen molar-refractivity contribution in [1.29, 1.82) is 0 Å². The Hall–Kier alpha value is -0.920. The molecule has 0 radical (unpaired) electrons. The second-order valence-electron chi connectivity index (χ2n) is 1.63. The molecule has 1 heterocycles. The van der Waals surface area contributed by atoms with Gasteiger partial charge in [0.1, 0.15) is 6.54 Å². The SMILES string of the molecule is O=C1C=CCC=NC1. The van der Waals surface area contributed by atoms with Gasteiger partial charge < -0.3 is 0 Å². The van der Waals surface area contributed by atoms with Crippen molar-refractivity contribution >= 4 is 12.0 Å². The number of carbonyl (C=O) groups excluding carboxylic acids is 1. The van der Waals surface area contributed by atoms with Crippen LogP contribution < -0.4 is 0 Å². The zero-order valence-corrected chi connectivity index (χ0v) is 4.50.